The number of nitrogens with one attached hydrogen (secondary N) is 1. The third-order valence-electron chi connectivity index (χ3n) is 4.17. The molecule has 1 aliphatic rings. The van der Waals surface area contributed by atoms with Crippen LogP contribution in [0.5, 0.6) is 0 Å². The molecule has 0 saturated carbocycles. The summed E-state index contributed by atoms with van der Waals surface area (Å²) >= 11 is 6.04. The molecule has 5 nitrogen and oxygen atoms in total. The second-order valence-electron chi connectivity index (χ2n) is 6.11. The molecule has 1 aromatic carbocycles. The van der Waals surface area contributed by atoms with E-state index in [1.165, 1.54) is 0 Å². The number of carbonyl (C=O) groups is 2. The molecule has 0 aromatic heterocycles. The first-order valence-corrected chi connectivity index (χ1v) is 8.94. The molecule has 2 amide bonds. The van der Waals surface area contributed by atoms with Crippen molar-refractivity contribution < 1.29 is 14.3 Å². The molecule has 1 atom stereocenters. The first-order chi connectivity index (χ1) is 11.6. The van der Waals surface area contributed by atoms with E-state index in [-0.39, 0.29) is 17.9 Å². The molecule has 1 aliphatic heterocycles. The summed E-state index contributed by atoms with van der Waals surface area (Å²) in [6, 6.07) is 6.98. The third kappa shape index (κ3) is 5.41. The van der Waals surface area contributed by atoms with E-state index in [0.29, 0.717) is 30.3 Å². The second kappa shape index (κ2) is 9.52. The van der Waals surface area contributed by atoms with Gasteiger partial charge in [0.2, 0.25) is 0 Å². The molecule has 132 valence electrons. The standard InChI is InChI=1S/C18H25ClN2O3/c1-2-3-11-24-18(23)21-10-6-7-14(13-21)12-20-17(22)15-8-4-5-9-16(15)19/h4-5,8-9,14H,2-3,6-7,10-13H2,1H3,(H,20,22)/t14-/m0/s1. The van der Waals surface area contributed by atoms with Crippen molar-refractivity contribution >= 4 is 23.6 Å². The highest BCUT2D eigenvalue weighted by molar-refractivity contribution is 6.33. The van der Waals surface area contributed by atoms with E-state index in [1.54, 1.807) is 29.2 Å². The molecule has 1 saturated heterocycles. The highest BCUT2D eigenvalue weighted by Crippen LogP contribution is 2.18. The minimum absolute atomic E-state index is 0.178. The van der Waals surface area contributed by atoms with E-state index >= 15 is 0 Å². The van der Waals surface area contributed by atoms with Crippen LogP contribution in [-0.4, -0.2) is 43.1 Å². The van der Waals surface area contributed by atoms with Crippen LogP contribution in [0.2, 0.25) is 5.02 Å². The molecule has 1 fully saturated rings. The van der Waals surface area contributed by atoms with E-state index in [1.807, 2.05) is 0 Å². The highest BCUT2D eigenvalue weighted by atomic mass is 35.5. The number of likely N-dealkylation sites (tertiary alicyclic amines) is 1. The number of piperidine rings is 1. The highest BCUT2D eigenvalue weighted by Gasteiger charge is 2.25. The lowest BCUT2D eigenvalue weighted by Gasteiger charge is -2.32. The van der Waals surface area contributed by atoms with Gasteiger partial charge in [-0.3, -0.25) is 4.79 Å². The molecular weight excluding hydrogens is 328 g/mol. The Morgan fingerprint density at radius 2 is 2.17 bits per heavy atom. The van der Waals surface area contributed by atoms with Crippen molar-refractivity contribution in [3.63, 3.8) is 0 Å². The Balaban J connectivity index is 1.79. The van der Waals surface area contributed by atoms with Crippen molar-refractivity contribution in [2.75, 3.05) is 26.2 Å². The lowest BCUT2D eigenvalue weighted by molar-refractivity contribution is 0.0813. The molecule has 0 aliphatic carbocycles. The summed E-state index contributed by atoms with van der Waals surface area (Å²) < 4.78 is 5.26. The van der Waals surface area contributed by atoms with Gasteiger partial charge in [-0.2, -0.15) is 0 Å². The van der Waals surface area contributed by atoms with Crippen LogP contribution in [0, 0.1) is 5.92 Å². The van der Waals surface area contributed by atoms with E-state index in [0.717, 1.165) is 32.2 Å². The van der Waals surface area contributed by atoms with E-state index < -0.39 is 0 Å². The van der Waals surface area contributed by atoms with Gasteiger partial charge in [0.1, 0.15) is 0 Å². The maximum absolute atomic E-state index is 12.2. The first kappa shape index (κ1) is 18.6. The van der Waals surface area contributed by atoms with Gasteiger partial charge in [0.05, 0.1) is 17.2 Å². The maximum Gasteiger partial charge on any atom is 0.409 e. The zero-order chi connectivity index (χ0) is 17.4. The Morgan fingerprint density at radius 3 is 2.92 bits per heavy atom. The molecule has 24 heavy (non-hydrogen) atoms. The average Bonchev–Trinajstić information content (AvgIpc) is 2.60. The van der Waals surface area contributed by atoms with Gasteiger partial charge < -0.3 is 15.0 Å². The van der Waals surface area contributed by atoms with Crippen LogP contribution in [0.4, 0.5) is 4.79 Å². The van der Waals surface area contributed by atoms with Gasteiger partial charge in [-0.05, 0) is 37.3 Å². The number of hydrogen-bond donors (Lipinski definition) is 1. The maximum atomic E-state index is 12.2. The van der Waals surface area contributed by atoms with Gasteiger partial charge >= 0.3 is 6.09 Å². The van der Waals surface area contributed by atoms with Crippen LogP contribution >= 0.6 is 11.6 Å². The average molecular weight is 353 g/mol. The fourth-order valence-corrected chi connectivity index (χ4v) is 2.99. The van der Waals surface area contributed by atoms with Crippen LogP contribution in [0.3, 0.4) is 0 Å². The number of halogens is 1. The summed E-state index contributed by atoms with van der Waals surface area (Å²) in [7, 11) is 0. The Morgan fingerprint density at radius 1 is 1.38 bits per heavy atom. The summed E-state index contributed by atoms with van der Waals surface area (Å²) in [6.45, 7) is 4.41. The smallest absolute Gasteiger partial charge is 0.409 e. The lowest BCUT2D eigenvalue weighted by atomic mass is 9.98. The molecule has 2 rings (SSSR count). The monoisotopic (exact) mass is 352 g/mol. The van der Waals surface area contributed by atoms with Crippen molar-refractivity contribution in [2.24, 2.45) is 5.92 Å². The van der Waals surface area contributed by atoms with Crippen molar-refractivity contribution in [2.45, 2.75) is 32.6 Å². The molecule has 0 bridgehead atoms. The SMILES string of the molecule is CCCCOC(=O)N1CCC[C@@H](CNC(=O)c2ccccc2Cl)C1. The molecular formula is C18H25ClN2O3. The van der Waals surface area contributed by atoms with Gasteiger partial charge in [-0.1, -0.05) is 37.1 Å². The number of nitrogens with zero attached hydrogens (tertiary/aromatic N) is 1. The lowest BCUT2D eigenvalue weighted by Crippen LogP contribution is -2.44. The van der Waals surface area contributed by atoms with Crippen LogP contribution in [-0.2, 0) is 4.74 Å². The van der Waals surface area contributed by atoms with Crippen molar-refractivity contribution in [3.05, 3.63) is 34.9 Å². The van der Waals surface area contributed by atoms with E-state index in [9.17, 15) is 9.59 Å². The number of benzene rings is 1. The summed E-state index contributed by atoms with van der Waals surface area (Å²) in [4.78, 5) is 26.0. The second-order valence-corrected chi connectivity index (χ2v) is 6.52. The van der Waals surface area contributed by atoms with Crippen molar-refractivity contribution in [3.8, 4) is 0 Å². The fraction of sp³-hybridized carbons (Fsp3) is 0.556. The number of rotatable bonds is 6. The zero-order valence-corrected chi connectivity index (χ0v) is 14.8. The quantitative estimate of drug-likeness (QED) is 0.794. The minimum atomic E-state index is -0.245. The van der Waals surface area contributed by atoms with E-state index in [4.69, 9.17) is 16.3 Å². The van der Waals surface area contributed by atoms with Crippen LogP contribution in [0.25, 0.3) is 0 Å². The Kier molecular flexibility index (Phi) is 7.37. The normalized spacial score (nSPS) is 17.4. The molecule has 6 heteroatoms. The minimum Gasteiger partial charge on any atom is -0.449 e. The van der Waals surface area contributed by atoms with Gasteiger partial charge in [0, 0.05) is 19.6 Å². The van der Waals surface area contributed by atoms with Gasteiger partial charge in [-0.15, -0.1) is 0 Å². The Labute approximate surface area is 148 Å². The first-order valence-electron chi connectivity index (χ1n) is 8.56. The van der Waals surface area contributed by atoms with E-state index in [2.05, 4.69) is 12.2 Å². The molecule has 1 aromatic rings. The van der Waals surface area contributed by atoms with Crippen molar-refractivity contribution in [1.82, 2.24) is 10.2 Å². The van der Waals surface area contributed by atoms with Gasteiger partial charge in [0.25, 0.3) is 5.91 Å². The predicted molar refractivity (Wildman–Crippen MR) is 94.3 cm³/mol. The molecule has 0 unspecified atom stereocenters. The molecule has 1 heterocycles. The number of unbranched alkanes of at least 4 members (excludes halogenated alkanes) is 1. The molecule has 1 N–H and O–H groups in total. The number of hydrogen-bond acceptors (Lipinski definition) is 3. The summed E-state index contributed by atoms with van der Waals surface area (Å²) in [5.74, 6) is 0.0622. The molecule has 0 radical (unpaired) electrons. The van der Waals surface area contributed by atoms with Gasteiger partial charge in [0.15, 0.2) is 0 Å². The summed E-state index contributed by atoms with van der Waals surface area (Å²) in [6.07, 6.45) is 3.56. The van der Waals surface area contributed by atoms with Crippen LogP contribution in [0.1, 0.15) is 43.0 Å². The summed E-state index contributed by atoms with van der Waals surface area (Å²) in [5, 5.41) is 3.36. The largest absolute Gasteiger partial charge is 0.449 e. The Hall–Kier alpha value is -1.75. The topological polar surface area (TPSA) is 58.6 Å². The molecule has 0 spiro atoms. The fourth-order valence-electron chi connectivity index (χ4n) is 2.77. The zero-order valence-electron chi connectivity index (χ0n) is 14.1. The number of carbonyl (C=O) groups excluding carboxylic acids is 2. The number of ether oxygens (including phenoxy) is 1. The van der Waals surface area contributed by atoms with Crippen LogP contribution < -0.4 is 5.32 Å². The third-order valence-corrected chi connectivity index (χ3v) is 4.50. The van der Waals surface area contributed by atoms with Gasteiger partial charge in [-0.25, -0.2) is 4.79 Å². The summed E-state index contributed by atoms with van der Waals surface area (Å²) in [5.41, 5.74) is 0.478. The van der Waals surface area contributed by atoms with Crippen molar-refractivity contribution in [1.29, 1.82) is 0 Å². The number of amides is 2. The van der Waals surface area contributed by atoms with Crippen LogP contribution in [0.15, 0.2) is 24.3 Å². The Bertz CT molecular complexity index is 565. The predicted octanol–water partition coefficient (Wildman–Crippen LogP) is 3.72.